The molecular formula is C68H37N9. The van der Waals surface area contributed by atoms with E-state index in [4.69, 9.17) is 29.7 Å². The predicted octanol–water partition coefficient (Wildman–Crippen LogP) is 18.0. The highest BCUT2D eigenvalue weighted by atomic mass is 15.0. The largest absolute Gasteiger partial charge is 0.319 e. The van der Waals surface area contributed by atoms with Crippen LogP contribution in [0.1, 0.15) is 5.56 Å². The van der Waals surface area contributed by atoms with Crippen molar-refractivity contribution in [1.82, 2.24) is 23.7 Å². The van der Waals surface area contributed by atoms with Gasteiger partial charge in [-0.25, -0.2) is 24.5 Å². The Labute approximate surface area is 441 Å². The van der Waals surface area contributed by atoms with E-state index in [9.17, 15) is 5.26 Å². The first kappa shape index (κ1) is 44.3. The molecule has 9 heteroatoms. The highest BCUT2D eigenvalue weighted by Gasteiger charge is 2.23. The molecule has 10 aromatic carbocycles. The Morgan fingerprint density at radius 2 is 0.779 bits per heavy atom. The van der Waals surface area contributed by atoms with Crippen LogP contribution >= 0.6 is 0 Å². The summed E-state index contributed by atoms with van der Waals surface area (Å²) < 4.78 is 6.79. The lowest BCUT2D eigenvalue weighted by molar-refractivity contribution is 1.16. The number of benzene rings is 10. The van der Waals surface area contributed by atoms with Crippen LogP contribution in [0.2, 0.25) is 0 Å². The molecule has 0 radical (unpaired) electrons. The van der Waals surface area contributed by atoms with Crippen molar-refractivity contribution in [2.75, 3.05) is 0 Å². The van der Waals surface area contributed by atoms with Crippen molar-refractivity contribution in [3.8, 4) is 68.2 Å². The fourth-order valence-corrected chi connectivity index (χ4v) is 11.3. The maximum Gasteiger partial charge on any atom is 0.211 e. The average Bonchev–Trinajstić information content (AvgIpc) is 4.18. The van der Waals surface area contributed by atoms with E-state index in [1.807, 2.05) is 78.9 Å². The van der Waals surface area contributed by atoms with Crippen LogP contribution in [0.3, 0.4) is 0 Å². The van der Waals surface area contributed by atoms with E-state index >= 15 is 0 Å². The van der Waals surface area contributed by atoms with Gasteiger partial charge in [-0.1, -0.05) is 146 Å². The third-order valence-electron chi connectivity index (χ3n) is 14.8. The number of nitrogens with zero attached hydrogens (tertiary/aromatic N) is 9. The van der Waals surface area contributed by atoms with E-state index in [2.05, 4.69) is 168 Å². The Bertz CT molecular complexity index is 4630. The summed E-state index contributed by atoms with van der Waals surface area (Å²) in [5.74, 6) is 0.368. The molecule has 0 fully saturated rings. The van der Waals surface area contributed by atoms with Gasteiger partial charge in [0.25, 0.3) is 0 Å². The molecule has 0 saturated heterocycles. The Morgan fingerprint density at radius 1 is 0.351 bits per heavy atom. The normalized spacial score (nSPS) is 11.3. The van der Waals surface area contributed by atoms with E-state index in [0.717, 1.165) is 66.4 Å². The average molecular weight is 980 g/mol. The molecule has 0 bridgehead atoms. The molecule has 9 nitrogen and oxygen atoms in total. The molecule has 0 unspecified atom stereocenters. The number of hydrogen-bond donors (Lipinski definition) is 0. The molecule has 0 saturated carbocycles. The Morgan fingerprint density at radius 3 is 1.29 bits per heavy atom. The van der Waals surface area contributed by atoms with Gasteiger partial charge >= 0.3 is 0 Å². The number of hydrogen-bond acceptors (Lipinski definition) is 3. The number of aromatic nitrogens is 5. The second-order valence-corrected chi connectivity index (χ2v) is 18.9. The molecule has 0 aliphatic rings. The minimum atomic E-state index is 0.368. The molecule has 4 heterocycles. The number of fused-ring (bicyclic) bond motifs is 9. The van der Waals surface area contributed by atoms with Crippen LogP contribution in [0.25, 0.3) is 142 Å². The molecular weight excluding hydrogens is 943 g/mol. The van der Waals surface area contributed by atoms with Gasteiger partial charge in [0.15, 0.2) is 11.4 Å². The topological polar surface area (TPSA) is 77.4 Å². The molecule has 14 aromatic rings. The second kappa shape index (κ2) is 17.7. The summed E-state index contributed by atoms with van der Waals surface area (Å²) in [4.78, 5) is 21.6. The van der Waals surface area contributed by atoms with Gasteiger partial charge in [-0.3, -0.25) is 0 Å². The number of nitriles is 1. The fraction of sp³-hybridized carbons (Fsp3) is 0. The zero-order valence-corrected chi connectivity index (χ0v) is 40.9. The maximum atomic E-state index is 11.0. The first-order chi connectivity index (χ1) is 38.0. The maximum absolute atomic E-state index is 11.0. The van der Waals surface area contributed by atoms with Crippen molar-refractivity contribution in [1.29, 1.82) is 5.26 Å². The molecule has 0 amide bonds. The van der Waals surface area contributed by atoms with Gasteiger partial charge in [0.2, 0.25) is 5.69 Å². The van der Waals surface area contributed by atoms with Crippen molar-refractivity contribution < 1.29 is 0 Å². The minimum absolute atomic E-state index is 0.368. The second-order valence-electron chi connectivity index (χ2n) is 18.9. The lowest BCUT2D eigenvalue weighted by Gasteiger charge is -2.15. The van der Waals surface area contributed by atoms with Crippen molar-refractivity contribution in [3.63, 3.8) is 0 Å². The molecule has 0 aliphatic heterocycles. The summed E-state index contributed by atoms with van der Waals surface area (Å²) in [6.07, 6.45) is 0. The first-order valence-corrected chi connectivity index (χ1v) is 25.0. The van der Waals surface area contributed by atoms with Crippen molar-refractivity contribution in [2.24, 2.45) is 0 Å². The van der Waals surface area contributed by atoms with E-state index < -0.39 is 0 Å². The first-order valence-electron chi connectivity index (χ1n) is 25.0. The fourth-order valence-electron chi connectivity index (χ4n) is 11.3. The van der Waals surface area contributed by atoms with Crippen molar-refractivity contribution in [3.05, 3.63) is 264 Å². The quantitative estimate of drug-likeness (QED) is 0.149. The molecule has 77 heavy (non-hydrogen) atoms. The van der Waals surface area contributed by atoms with E-state index in [-0.39, 0.29) is 0 Å². The van der Waals surface area contributed by atoms with Gasteiger partial charge in [0, 0.05) is 60.4 Å². The zero-order chi connectivity index (χ0) is 51.7. The van der Waals surface area contributed by atoms with Gasteiger partial charge in [-0.2, -0.15) is 5.26 Å². The molecule has 0 N–H and O–H groups in total. The Hall–Kier alpha value is -11.4. The summed E-state index contributed by atoms with van der Waals surface area (Å²) in [7, 11) is 0. The van der Waals surface area contributed by atoms with E-state index in [1.54, 1.807) is 12.1 Å². The van der Waals surface area contributed by atoms with Crippen LogP contribution in [0.15, 0.2) is 224 Å². The van der Waals surface area contributed by atoms with Gasteiger partial charge in [-0.15, -0.1) is 0 Å². The lowest BCUT2D eigenvalue weighted by Crippen LogP contribution is -1.98. The third-order valence-corrected chi connectivity index (χ3v) is 14.8. The zero-order valence-electron chi connectivity index (χ0n) is 40.9. The number of para-hydroxylation sites is 6. The number of rotatable bonds is 7. The molecule has 4 aromatic heterocycles. The van der Waals surface area contributed by atoms with Gasteiger partial charge in [-0.05, 0) is 90.0 Å². The van der Waals surface area contributed by atoms with Crippen LogP contribution < -0.4 is 0 Å². The summed E-state index contributed by atoms with van der Waals surface area (Å²) in [5.41, 5.74) is 15.1. The minimum Gasteiger partial charge on any atom is -0.319 e. The summed E-state index contributed by atoms with van der Waals surface area (Å²) in [6, 6.07) is 77.5. The predicted molar refractivity (Wildman–Crippen MR) is 310 cm³/mol. The SMILES string of the molecule is [C-]#[N+]c1ccccc1-c1cc(-c2ccc(-c3cc([N+]#[C-])c(-n4c5ccc(-n6c7ccccc7c7ccccc76)cc5c5cc(-n6c7ccccc7c7ccccc76)ccc54)cc3C#N)cc2)nc(-c2ccccc2[N+]#[C-])n1. The highest BCUT2D eigenvalue weighted by molar-refractivity contribution is 6.14. The Balaban J connectivity index is 0.937. The van der Waals surface area contributed by atoms with Crippen LogP contribution in [-0.2, 0) is 0 Å². The van der Waals surface area contributed by atoms with Crippen LogP contribution in [0.5, 0.6) is 0 Å². The van der Waals surface area contributed by atoms with Gasteiger partial charge in [0.05, 0.1) is 81.5 Å². The monoisotopic (exact) mass is 979 g/mol. The molecule has 354 valence electrons. The molecule has 0 atom stereocenters. The van der Waals surface area contributed by atoms with E-state index in [1.165, 1.54) is 21.5 Å². The standard InChI is InChI=1S/C68H37N9/c1-70-56-22-10-4-20-51(56)59-40-58(73-68(74-59)52-21-5-11-23-57(52)71-2)43-30-28-42(29-31-43)53-39-60(72-3)67(36-44(53)41-69)77-65-34-32-45(75-61-24-12-6-16-47(61)48-17-7-13-25-62(48)75)37-54(65)55-38-46(33-35-66(55)77)76-63-26-14-8-18-49(63)50-19-9-15-27-64(50)76/h4-40H. The molecule has 0 aliphatic carbocycles. The molecule has 0 spiro atoms. The summed E-state index contributed by atoms with van der Waals surface area (Å²) >= 11 is 0. The summed E-state index contributed by atoms with van der Waals surface area (Å²) in [6.45, 7) is 24.5. The van der Waals surface area contributed by atoms with Crippen molar-refractivity contribution >= 4 is 82.5 Å². The van der Waals surface area contributed by atoms with Gasteiger partial charge in [0.1, 0.15) is 5.82 Å². The third kappa shape index (κ3) is 6.98. The summed E-state index contributed by atoms with van der Waals surface area (Å²) in [5, 5.41) is 17.7. The van der Waals surface area contributed by atoms with Gasteiger partial charge < -0.3 is 13.7 Å². The van der Waals surface area contributed by atoms with E-state index in [0.29, 0.717) is 62.2 Å². The van der Waals surface area contributed by atoms with Crippen molar-refractivity contribution in [2.45, 2.75) is 0 Å². The Kier molecular flexibility index (Phi) is 10.2. The molecule has 14 rings (SSSR count). The van der Waals surface area contributed by atoms with Crippen LogP contribution in [0, 0.1) is 31.0 Å². The smallest absolute Gasteiger partial charge is 0.211 e. The highest BCUT2D eigenvalue weighted by Crippen LogP contribution is 2.43. The van der Waals surface area contributed by atoms with Crippen LogP contribution in [0.4, 0.5) is 17.1 Å². The van der Waals surface area contributed by atoms with Crippen LogP contribution in [-0.4, -0.2) is 23.7 Å². The lowest BCUT2D eigenvalue weighted by atomic mass is 9.96.